The van der Waals surface area contributed by atoms with Crippen molar-refractivity contribution in [3.05, 3.63) is 52.1 Å². The fourth-order valence-corrected chi connectivity index (χ4v) is 2.57. The van der Waals surface area contributed by atoms with E-state index in [2.05, 4.69) is 5.16 Å². The summed E-state index contributed by atoms with van der Waals surface area (Å²) in [5.74, 6) is -1.28. The number of halogens is 5. The molecule has 0 bridgehead atoms. The molecule has 3 aromatic rings. The minimum absolute atomic E-state index is 0.136. The number of aromatic hydroxyl groups is 2. The summed E-state index contributed by atoms with van der Waals surface area (Å²) in [6.45, 7) is 0. The van der Waals surface area contributed by atoms with Gasteiger partial charge < -0.3 is 14.7 Å². The lowest BCUT2D eigenvalue weighted by Crippen LogP contribution is -2.07. The topological polar surface area (TPSA) is 66.5 Å². The van der Waals surface area contributed by atoms with Gasteiger partial charge in [-0.2, -0.15) is 13.2 Å². The van der Waals surface area contributed by atoms with E-state index in [0.29, 0.717) is 5.02 Å². The van der Waals surface area contributed by atoms with Crippen molar-refractivity contribution in [2.45, 2.75) is 6.18 Å². The van der Waals surface area contributed by atoms with Crippen LogP contribution in [0.25, 0.3) is 22.5 Å². The molecule has 0 saturated heterocycles. The Balaban J connectivity index is 2.30. The molecule has 0 amide bonds. The number of alkyl halides is 3. The van der Waals surface area contributed by atoms with Crippen molar-refractivity contribution in [3.8, 4) is 33.9 Å². The molecule has 2 N–H and O–H groups in total. The van der Waals surface area contributed by atoms with Crippen LogP contribution in [-0.4, -0.2) is 15.4 Å². The van der Waals surface area contributed by atoms with Crippen LogP contribution in [-0.2, 0) is 6.18 Å². The number of aromatic nitrogens is 1. The van der Waals surface area contributed by atoms with Crippen LogP contribution in [0.5, 0.6) is 11.5 Å². The van der Waals surface area contributed by atoms with Gasteiger partial charge in [-0.25, -0.2) is 0 Å². The van der Waals surface area contributed by atoms with Gasteiger partial charge in [0.05, 0.1) is 16.1 Å². The van der Waals surface area contributed by atoms with Gasteiger partial charge in [0.2, 0.25) is 0 Å². The summed E-state index contributed by atoms with van der Waals surface area (Å²) in [6.07, 6.45) is -4.78. The fraction of sp³-hybridized carbons (Fsp3) is 0.0625. The second kappa shape index (κ2) is 6.16. The number of nitrogens with zero attached hydrogens (tertiary/aromatic N) is 1. The Kier molecular flexibility index (Phi) is 4.30. The highest BCUT2D eigenvalue weighted by Crippen LogP contribution is 2.46. The number of hydrogen-bond acceptors (Lipinski definition) is 4. The van der Waals surface area contributed by atoms with Crippen molar-refractivity contribution in [2.24, 2.45) is 0 Å². The molecule has 0 aliphatic heterocycles. The molecule has 0 unspecified atom stereocenters. The van der Waals surface area contributed by atoms with Gasteiger partial charge in [0.1, 0.15) is 11.5 Å². The largest absolute Gasteiger partial charge is 0.507 e. The highest BCUT2D eigenvalue weighted by molar-refractivity contribution is 6.32. The maximum atomic E-state index is 13.3. The Bertz CT molecular complexity index is 937. The SMILES string of the molecule is Oc1cc(O)c(-c2onc(C(F)(F)F)c2-c2ccc(Cl)cc2)cc1Cl. The average molecular weight is 390 g/mol. The van der Waals surface area contributed by atoms with E-state index in [-0.39, 0.29) is 27.5 Å². The molecule has 2 aromatic carbocycles. The molecule has 1 aromatic heterocycles. The smallest absolute Gasteiger partial charge is 0.437 e. The molecule has 0 saturated carbocycles. The van der Waals surface area contributed by atoms with E-state index in [1.54, 1.807) is 0 Å². The number of benzene rings is 2. The standard InChI is InChI=1S/C16H8Cl2F3NO3/c17-8-3-1-7(2-4-8)13-14(25-22-15(13)16(19,20)21)9-5-10(18)12(24)6-11(9)23/h1-6,23-24H. The molecule has 9 heteroatoms. The van der Waals surface area contributed by atoms with Gasteiger partial charge in [-0.3, -0.25) is 0 Å². The van der Waals surface area contributed by atoms with Crippen LogP contribution in [0.15, 0.2) is 40.9 Å². The summed E-state index contributed by atoms with van der Waals surface area (Å²) >= 11 is 11.6. The van der Waals surface area contributed by atoms with Crippen LogP contribution in [0.4, 0.5) is 13.2 Å². The van der Waals surface area contributed by atoms with Crippen LogP contribution in [0.2, 0.25) is 10.0 Å². The van der Waals surface area contributed by atoms with E-state index in [9.17, 15) is 23.4 Å². The van der Waals surface area contributed by atoms with E-state index in [4.69, 9.17) is 27.7 Å². The van der Waals surface area contributed by atoms with E-state index in [1.165, 1.54) is 24.3 Å². The summed E-state index contributed by atoms with van der Waals surface area (Å²) in [5, 5.41) is 22.8. The minimum Gasteiger partial charge on any atom is -0.507 e. The summed E-state index contributed by atoms with van der Waals surface area (Å²) in [4.78, 5) is 0. The van der Waals surface area contributed by atoms with Gasteiger partial charge >= 0.3 is 6.18 Å². The van der Waals surface area contributed by atoms with Gasteiger partial charge in [0.15, 0.2) is 11.5 Å². The molecule has 0 fully saturated rings. The maximum absolute atomic E-state index is 13.3. The van der Waals surface area contributed by atoms with Crippen molar-refractivity contribution in [3.63, 3.8) is 0 Å². The first-order valence-corrected chi connectivity index (χ1v) is 7.48. The molecule has 1 heterocycles. The molecule has 130 valence electrons. The Morgan fingerprint density at radius 1 is 0.960 bits per heavy atom. The van der Waals surface area contributed by atoms with Gasteiger partial charge in [0, 0.05) is 11.1 Å². The zero-order valence-electron chi connectivity index (χ0n) is 12.1. The first-order valence-electron chi connectivity index (χ1n) is 6.73. The third-order valence-corrected chi connectivity index (χ3v) is 3.96. The van der Waals surface area contributed by atoms with Gasteiger partial charge in [0.25, 0.3) is 0 Å². The highest BCUT2D eigenvalue weighted by atomic mass is 35.5. The van der Waals surface area contributed by atoms with Crippen molar-refractivity contribution < 1.29 is 27.9 Å². The first-order chi connectivity index (χ1) is 11.7. The van der Waals surface area contributed by atoms with Crippen molar-refractivity contribution in [2.75, 3.05) is 0 Å². The summed E-state index contributed by atoms with van der Waals surface area (Å²) in [7, 11) is 0. The molecule has 4 nitrogen and oxygen atoms in total. The number of rotatable bonds is 2. The van der Waals surface area contributed by atoms with Crippen molar-refractivity contribution in [1.82, 2.24) is 5.16 Å². The van der Waals surface area contributed by atoms with Gasteiger partial charge in [-0.05, 0) is 23.8 Å². The third-order valence-electron chi connectivity index (χ3n) is 3.40. The van der Waals surface area contributed by atoms with Crippen LogP contribution >= 0.6 is 23.2 Å². The van der Waals surface area contributed by atoms with Crippen LogP contribution < -0.4 is 0 Å². The maximum Gasteiger partial charge on any atom is 0.437 e. The first kappa shape index (κ1) is 17.4. The Hall–Kier alpha value is -2.38. The molecule has 0 atom stereocenters. The van der Waals surface area contributed by atoms with Crippen molar-refractivity contribution >= 4 is 23.2 Å². The minimum atomic E-state index is -4.78. The Morgan fingerprint density at radius 3 is 2.20 bits per heavy atom. The van der Waals surface area contributed by atoms with E-state index in [1.807, 2.05) is 0 Å². The van der Waals surface area contributed by atoms with E-state index in [0.717, 1.165) is 12.1 Å². The Labute approximate surface area is 149 Å². The van der Waals surface area contributed by atoms with Crippen molar-refractivity contribution in [1.29, 1.82) is 0 Å². The lowest BCUT2D eigenvalue weighted by atomic mass is 9.98. The second-order valence-corrected chi connectivity index (χ2v) is 5.90. The zero-order valence-corrected chi connectivity index (χ0v) is 13.6. The molecule has 3 rings (SSSR count). The van der Waals surface area contributed by atoms with E-state index >= 15 is 0 Å². The molecule has 0 radical (unpaired) electrons. The lowest BCUT2D eigenvalue weighted by Gasteiger charge is -2.09. The molecule has 25 heavy (non-hydrogen) atoms. The molecular formula is C16H8Cl2F3NO3. The zero-order chi connectivity index (χ0) is 18.4. The average Bonchev–Trinajstić information content (AvgIpc) is 2.96. The van der Waals surface area contributed by atoms with Crippen LogP contribution in [0.3, 0.4) is 0 Å². The predicted octanol–water partition coefficient (Wildman–Crippen LogP) is 5.75. The monoisotopic (exact) mass is 389 g/mol. The molecular weight excluding hydrogens is 382 g/mol. The van der Waals surface area contributed by atoms with E-state index < -0.39 is 23.4 Å². The molecule has 0 aliphatic carbocycles. The number of phenols is 2. The second-order valence-electron chi connectivity index (χ2n) is 5.06. The summed E-state index contributed by atoms with van der Waals surface area (Å²) in [5.41, 5.74) is -1.64. The highest BCUT2D eigenvalue weighted by Gasteiger charge is 2.40. The Morgan fingerprint density at radius 2 is 1.60 bits per heavy atom. The normalized spacial score (nSPS) is 11.7. The molecule has 0 spiro atoms. The lowest BCUT2D eigenvalue weighted by molar-refractivity contribution is -0.142. The van der Waals surface area contributed by atoms with Crippen LogP contribution in [0.1, 0.15) is 5.69 Å². The quantitative estimate of drug-likeness (QED) is 0.585. The third kappa shape index (κ3) is 3.25. The predicted molar refractivity (Wildman–Crippen MR) is 85.7 cm³/mol. The fourth-order valence-electron chi connectivity index (χ4n) is 2.28. The van der Waals surface area contributed by atoms with Gasteiger partial charge in [-0.1, -0.05) is 40.5 Å². The summed E-state index contributed by atoms with van der Waals surface area (Å²) in [6, 6.07) is 7.56. The van der Waals surface area contributed by atoms with Crippen LogP contribution in [0, 0.1) is 0 Å². The summed E-state index contributed by atoms with van der Waals surface area (Å²) < 4.78 is 44.8. The number of phenolic OH excluding ortho intramolecular Hbond substituents is 2. The van der Waals surface area contributed by atoms with Gasteiger partial charge in [-0.15, -0.1) is 0 Å². The number of hydrogen-bond donors (Lipinski definition) is 2. The molecule has 0 aliphatic rings.